The van der Waals surface area contributed by atoms with Crippen LogP contribution >= 0.6 is 11.6 Å². The number of benzene rings is 2. The van der Waals surface area contributed by atoms with Crippen molar-refractivity contribution in [3.05, 3.63) is 58.6 Å². The van der Waals surface area contributed by atoms with Crippen molar-refractivity contribution in [2.75, 3.05) is 13.1 Å². The first-order valence-corrected chi connectivity index (χ1v) is 12.5. The van der Waals surface area contributed by atoms with Gasteiger partial charge in [0.1, 0.15) is 0 Å². The molecule has 1 unspecified atom stereocenters. The van der Waals surface area contributed by atoms with Gasteiger partial charge >= 0.3 is 0 Å². The number of aryl methyl sites for hydroxylation is 1. The van der Waals surface area contributed by atoms with Crippen molar-refractivity contribution in [2.24, 2.45) is 0 Å². The summed E-state index contributed by atoms with van der Waals surface area (Å²) in [5.74, 6) is 0. The van der Waals surface area contributed by atoms with Gasteiger partial charge in [0.15, 0.2) is 0 Å². The van der Waals surface area contributed by atoms with Crippen molar-refractivity contribution in [3.63, 3.8) is 0 Å². The molecule has 6 nitrogen and oxygen atoms in total. The first-order valence-electron chi connectivity index (χ1n) is 9.18. The molecule has 28 heavy (non-hydrogen) atoms. The highest BCUT2D eigenvalue weighted by atomic mass is 35.5. The molecular weight excluding hydrogens is 420 g/mol. The fourth-order valence-electron chi connectivity index (χ4n) is 3.83. The van der Waals surface area contributed by atoms with E-state index in [-0.39, 0.29) is 15.8 Å². The molecule has 1 heterocycles. The lowest BCUT2D eigenvalue weighted by Crippen LogP contribution is -2.28. The van der Waals surface area contributed by atoms with Gasteiger partial charge in [-0.1, -0.05) is 17.7 Å². The molecule has 1 aliphatic heterocycles. The van der Waals surface area contributed by atoms with E-state index in [0.29, 0.717) is 24.5 Å². The predicted octanol–water partition coefficient (Wildman–Crippen LogP) is 3.09. The van der Waals surface area contributed by atoms with Gasteiger partial charge in [-0.2, -0.15) is 4.31 Å². The lowest BCUT2D eigenvalue weighted by atomic mass is 10.1. The fourth-order valence-corrected chi connectivity index (χ4v) is 6.79. The highest BCUT2D eigenvalue weighted by molar-refractivity contribution is 7.89. The largest absolute Gasteiger partial charge is 0.243 e. The van der Waals surface area contributed by atoms with Crippen LogP contribution in [0.3, 0.4) is 0 Å². The third kappa shape index (κ3) is 3.71. The van der Waals surface area contributed by atoms with E-state index in [1.54, 1.807) is 6.07 Å². The summed E-state index contributed by atoms with van der Waals surface area (Å²) in [4.78, 5) is 0.171. The van der Waals surface area contributed by atoms with E-state index in [2.05, 4.69) is 4.72 Å². The molecule has 150 valence electrons. The van der Waals surface area contributed by atoms with Crippen molar-refractivity contribution in [3.8, 4) is 0 Å². The van der Waals surface area contributed by atoms with E-state index >= 15 is 0 Å². The Labute approximate surface area is 170 Å². The minimum Gasteiger partial charge on any atom is -0.207 e. The number of halogens is 1. The summed E-state index contributed by atoms with van der Waals surface area (Å²) in [6, 6.07) is 10.6. The lowest BCUT2D eigenvalue weighted by Gasteiger charge is -2.17. The van der Waals surface area contributed by atoms with Gasteiger partial charge in [0.05, 0.1) is 9.79 Å². The summed E-state index contributed by atoms with van der Waals surface area (Å²) >= 11 is 6.01. The van der Waals surface area contributed by atoms with Gasteiger partial charge < -0.3 is 0 Å². The van der Waals surface area contributed by atoms with Crippen molar-refractivity contribution in [2.45, 2.75) is 41.5 Å². The van der Waals surface area contributed by atoms with Gasteiger partial charge in [-0.15, -0.1) is 0 Å². The Morgan fingerprint density at radius 2 is 1.57 bits per heavy atom. The average molecular weight is 441 g/mol. The zero-order valence-corrected chi connectivity index (χ0v) is 17.5. The van der Waals surface area contributed by atoms with Crippen LogP contribution in [-0.4, -0.2) is 34.2 Å². The number of sulfonamides is 2. The monoisotopic (exact) mass is 440 g/mol. The maximum atomic E-state index is 12.8. The van der Waals surface area contributed by atoms with E-state index in [9.17, 15) is 16.8 Å². The van der Waals surface area contributed by atoms with Gasteiger partial charge in [0.25, 0.3) is 0 Å². The van der Waals surface area contributed by atoms with E-state index in [1.165, 1.54) is 28.6 Å². The van der Waals surface area contributed by atoms with Gasteiger partial charge in [-0.3, -0.25) is 0 Å². The standard InChI is InChI=1S/C19H21ClN2O4S2/c20-15-4-9-18-14(13-15)3-10-19(18)21-27(23,24)16-5-7-17(8-6-16)28(25,26)22-11-1-2-12-22/h4-9,13,19,21H,1-3,10-12H2. The second-order valence-corrected chi connectivity index (χ2v) is 11.2. The Morgan fingerprint density at radius 3 is 2.25 bits per heavy atom. The average Bonchev–Trinajstić information content (AvgIpc) is 3.32. The van der Waals surface area contributed by atoms with Crippen LogP contribution in [0, 0.1) is 0 Å². The topological polar surface area (TPSA) is 83.5 Å². The molecule has 0 spiro atoms. The molecule has 0 radical (unpaired) electrons. The molecule has 2 aliphatic rings. The SMILES string of the molecule is O=S(=O)(NC1CCc2cc(Cl)ccc21)c1ccc(S(=O)(=O)N2CCCC2)cc1. The number of hydrogen-bond acceptors (Lipinski definition) is 4. The molecule has 9 heteroatoms. The normalized spacial score (nSPS) is 20.4. The molecular formula is C19H21ClN2O4S2. The molecule has 1 N–H and O–H groups in total. The molecule has 0 bridgehead atoms. The van der Waals surface area contributed by atoms with Crippen molar-refractivity contribution >= 4 is 31.6 Å². The Morgan fingerprint density at radius 1 is 0.929 bits per heavy atom. The third-order valence-corrected chi connectivity index (χ3v) is 8.95. The lowest BCUT2D eigenvalue weighted by molar-refractivity contribution is 0.477. The Balaban J connectivity index is 1.54. The molecule has 0 amide bonds. The van der Waals surface area contributed by atoms with Crippen LogP contribution in [0.15, 0.2) is 52.3 Å². The van der Waals surface area contributed by atoms with Crippen LogP contribution in [-0.2, 0) is 26.5 Å². The molecule has 0 saturated carbocycles. The number of nitrogens with one attached hydrogen (secondary N) is 1. The van der Waals surface area contributed by atoms with E-state index in [4.69, 9.17) is 11.6 Å². The summed E-state index contributed by atoms with van der Waals surface area (Å²) in [5, 5.41) is 0.636. The minimum atomic E-state index is -3.77. The number of hydrogen-bond donors (Lipinski definition) is 1. The summed E-state index contributed by atoms with van der Waals surface area (Å²) in [5.41, 5.74) is 1.98. The van der Waals surface area contributed by atoms with Crippen LogP contribution < -0.4 is 4.72 Å². The number of rotatable bonds is 5. The summed E-state index contributed by atoms with van der Waals surface area (Å²) in [6.45, 7) is 1.02. The van der Waals surface area contributed by atoms with E-state index in [1.807, 2.05) is 12.1 Å². The first-order chi connectivity index (χ1) is 13.3. The summed E-state index contributed by atoms with van der Waals surface area (Å²) in [7, 11) is -7.33. The minimum absolute atomic E-state index is 0.0512. The zero-order valence-electron chi connectivity index (χ0n) is 15.1. The van der Waals surface area contributed by atoms with E-state index < -0.39 is 20.0 Å². The molecule has 1 aliphatic carbocycles. The van der Waals surface area contributed by atoms with Gasteiger partial charge in [0.2, 0.25) is 20.0 Å². The second kappa shape index (κ2) is 7.42. The fraction of sp³-hybridized carbons (Fsp3) is 0.368. The van der Waals surface area contributed by atoms with Crippen LogP contribution in [0.4, 0.5) is 0 Å². The van der Waals surface area contributed by atoms with Gasteiger partial charge in [0, 0.05) is 24.2 Å². The number of nitrogens with zero attached hydrogens (tertiary/aromatic N) is 1. The van der Waals surface area contributed by atoms with Gasteiger partial charge in [-0.25, -0.2) is 21.6 Å². The molecule has 2 aromatic rings. The molecule has 2 aromatic carbocycles. The van der Waals surface area contributed by atoms with Crippen molar-refractivity contribution in [1.29, 1.82) is 0 Å². The smallest absolute Gasteiger partial charge is 0.207 e. The molecule has 1 saturated heterocycles. The van der Waals surface area contributed by atoms with Crippen LogP contribution in [0.5, 0.6) is 0 Å². The van der Waals surface area contributed by atoms with Crippen molar-refractivity contribution < 1.29 is 16.8 Å². The van der Waals surface area contributed by atoms with Crippen LogP contribution in [0.25, 0.3) is 0 Å². The van der Waals surface area contributed by atoms with Crippen LogP contribution in [0.1, 0.15) is 36.4 Å². The Hall–Kier alpha value is -1.45. The molecule has 1 fully saturated rings. The van der Waals surface area contributed by atoms with Crippen LogP contribution in [0.2, 0.25) is 5.02 Å². The Bertz CT molecular complexity index is 1090. The summed E-state index contributed by atoms with van der Waals surface area (Å²) < 4.78 is 54.9. The first kappa shape index (κ1) is 19.8. The van der Waals surface area contributed by atoms with E-state index in [0.717, 1.165) is 30.4 Å². The number of fused-ring (bicyclic) bond motifs is 1. The van der Waals surface area contributed by atoms with Gasteiger partial charge in [-0.05, 0) is 73.2 Å². The highest BCUT2D eigenvalue weighted by Crippen LogP contribution is 2.34. The maximum absolute atomic E-state index is 12.8. The molecule has 4 rings (SSSR count). The molecule has 1 atom stereocenters. The summed E-state index contributed by atoms with van der Waals surface area (Å²) in [6.07, 6.45) is 3.12. The highest BCUT2D eigenvalue weighted by Gasteiger charge is 2.29. The predicted molar refractivity (Wildman–Crippen MR) is 107 cm³/mol. The third-order valence-electron chi connectivity index (χ3n) is 5.32. The Kier molecular flexibility index (Phi) is 5.26. The zero-order chi connectivity index (χ0) is 19.9. The maximum Gasteiger partial charge on any atom is 0.243 e. The quantitative estimate of drug-likeness (QED) is 0.774. The van der Waals surface area contributed by atoms with Crippen molar-refractivity contribution in [1.82, 2.24) is 9.03 Å². The second-order valence-electron chi connectivity index (χ2n) is 7.14. The molecule has 0 aromatic heterocycles.